The average Bonchev–Trinajstić information content (AvgIpc) is 2.55. The van der Waals surface area contributed by atoms with Crippen LogP contribution in [0.25, 0.3) is 0 Å². The summed E-state index contributed by atoms with van der Waals surface area (Å²) in [5.41, 5.74) is 2.29. The molecule has 1 rings (SSSR count). The normalized spacial score (nSPS) is 11.2. The molecule has 0 aliphatic carbocycles. The fourth-order valence-corrected chi connectivity index (χ4v) is 2.62. The Hall–Kier alpha value is -0.640. The largest absolute Gasteiger partial charge is 0.299 e. The highest BCUT2D eigenvalue weighted by Crippen LogP contribution is 2.23. The van der Waals surface area contributed by atoms with E-state index in [1.54, 1.807) is 0 Å². The summed E-state index contributed by atoms with van der Waals surface area (Å²) in [5, 5.41) is 4.45. The third-order valence-electron chi connectivity index (χ3n) is 2.98. The van der Waals surface area contributed by atoms with Gasteiger partial charge in [0.1, 0.15) is 5.78 Å². The van der Waals surface area contributed by atoms with Crippen LogP contribution in [-0.4, -0.2) is 15.6 Å². The zero-order chi connectivity index (χ0) is 13.0. The summed E-state index contributed by atoms with van der Waals surface area (Å²) in [6.45, 7) is 6.01. The van der Waals surface area contributed by atoms with Crippen LogP contribution in [0.15, 0.2) is 4.47 Å². The molecule has 0 radical (unpaired) electrons. The van der Waals surface area contributed by atoms with Crippen molar-refractivity contribution in [3.63, 3.8) is 0 Å². The van der Waals surface area contributed by atoms with Crippen LogP contribution in [0, 0.1) is 5.92 Å². The molecule has 96 valence electrons. The van der Waals surface area contributed by atoms with E-state index in [-0.39, 0.29) is 5.92 Å². The second kappa shape index (κ2) is 6.34. The summed E-state index contributed by atoms with van der Waals surface area (Å²) < 4.78 is 3.03. The lowest BCUT2D eigenvalue weighted by atomic mass is 10.0. The zero-order valence-corrected chi connectivity index (χ0v) is 12.7. The van der Waals surface area contributed by atoms with E-state index in [9.17, 15) is 4.79 Å². The first-order valence-corrected chi connectivity index (χ1v) is 6.99. The molecule has 1 aromatic rings. The number of carbonyl (C=O) groups excluding carboxylic acids is 1. The molecule has 17 heavy (non-hydrogen) atoms. The van der Waals surface area contributed by atoms with E-state index in [0.717, 1.165) is 29.4 Å². The maximum absolute atomic E-state index is 11.5. The first-order valence-electron chi connectivity index (χ1n) is 6.20. The zero-order valence-electron chi connectivity index (χ0n) is 11.1. The fraction of sp³-hybridized carbons (Fsp3) is 0.692. The molecule has 0 unspecified atom stereocenters. The maximum Gasteiger partial charge on any atom is 0.135 e. The van der Waals surface area contributed by atoms with Crippen LogP contribution < -0.4 is 0 Å². The van der Waals surface area contributed by atoms with E-state index >= 15 is 0 Å². The van der Waals surface area contributed by atoms with Crippen LogP contribution in [-0.2, 0) is 24.7 Å². The van der Waals surface area contributed by atoms with E-state index in [0.29, 0.717) is 12.2 Å². The molecule has 0 saturated carbocycles. The predicted molar refractivity (Wildman–Crippen MR) is 73.1 cm³/mol. The second-order valence-corrected chi connectivity index (χ2v) is 5.45. The number of rotatable bonds is 6. The van der Waals surface area contributed by atoms with Crippen LogP contribution >= 0.6 is 15.9 Å². The molecule has 0 fully saturated rings. The van der Waals surface area contributed by atoms with Gasteiger partial charge >= 0.3 is 0 Å². The van der Waals surface area contributed by atoms with Gasteiger partial charge in [0, 0.05) is 19.4 Å². The van der Waals surface area contributed by atoms with Crippen molar-refractivity contribution in [1.29, 1.82) is 0 Å². The maximum atomic E-state index is 11.5. The van der Waals surface area contributed by atoms with Gasteiger partial charge in [-0.15, -0.1) is 0 Å². The van der Waals surface area contributed by atoms with Crippen molar-refractivity contribution in [1.82, 2.24) is 9.78 Å². The molecule has 3 nitrogen and oxygen atoms in total. The molecule has 0 spiro atoms. The molecule has 0 atom stereocenters. The van der Waals surface area contributed by atoms with Crippen molar-refractivity contribution in [3.05, 3.63) is 15.9 Å². The predicted octanol–water partition coefficient (Wildman–Crippen LogP) is 3.29. The van der Waals surface area contributed by atoms with Crippen molar-refractivity contribution in [2.45, 2.75) is 46.5 Å². The van der Waals surface area contributed by atoms with Gasteiger partial charge in [0.05, 0.1) is 15.9 Å². The highest BCUT2D eigenvalue weighted by Gasteiger charge is 2.13. The number of hydrogen-bond acceptors (Lipinski definition) is 2. The summed E-state index contributed by atoms with van der Waals surface area (Å²) in [6.07, 6.45) is 3.40. The van der Waals surface area contributed by atoms with Gasteiger partial charge in [-0.25, -0.2) is 0 Å². The Bertz CT molecular complexity index is 396. The van der Waals surface area contributed by atoms with Gasteiger partial charge in [0.15, 0.2) is 0 Å². The lowest BCUT2D eigenvalue weighted by molar-refractivity contribution is -0.121. The van der Waals surface area contributed by atoms with Crippen molar-refractivity contribution in [3.8, 4) is 0 Å². The minimum atomic E-state index is 0.149. The first-order chi connectivity index (χ1) is 7.97. The summed E-state index contributed by atoms with van der Waals surface area (Å²) in [4.78, 5) is 11.5. The highest BCUT2D eigenvalue weighted by molar-refractivity contribution is 9.10. The van der Waals surface area contributed by atoms with E-state index < -0.39 is 0 Å². The summed E-state index contributed by atoms with van der Waals surface area (Å²) in [6, 6.07) is 0. The quantitative estimate of drug-likeness (QED) is 0.808. The minimum Gasteiger partial charge on any atom is -0.299 e. The fourth-order valence-electron chi connectivity index (χ4n) is 1.81. The molecular weight excluding hydrogens is 280 g/mol. The SMILES string of the molecule is CCc1nn(C)c(CCCC(=O)C(C)C)c1Br. The minimum absolute atomic E-state index is 0.149. The van der Waals surface area contributed by atoms with Crippen molar-refractivity contribution >= 4 is 21.7 Å². The number of aromatic nitrogens is 2. The standard InChI is InChI=1S/C13H21BrN2O/c1-5-10-13(14)11(16(4)15-10)7-6-8-12(17)9(2)3/h9H,5-8H2,1-4H3. The van der Waals surface area contributed by atoms with Gasteiger partial charge in [-0.1, -0.05) is 20.8 Å². The number of hydrogen-bond donors (Lipinski definition) is 0. The third-order valence-corrected chi connectivity index (χ3v) is 3.90. The van der Waals surface area contributed by atoms with Crippen LogP contribution in [0.3, 0.4) is 0 Å². The second-order valence-electron chi connectivity index (χ2n) is 4.66. The molecule has 0 amide bonds. The van der Waals surface area contributed by atoms with E-state index in [1.807, 2.05) is 25.6 Å². The first kappa shape index (κ1) is 14.4. The number of nitrogens with zero attached hydrogens (tertiary/aromatic N) is 2. The molecule has 0 aromatic carbocycles. The topological polar surface area (TPSA) is 34.9 Å². The van der Waals surface area contributed by atoms with Gasteiger partial charge in [-0.2, -0.15) is 5.10 Å². The smallest absolute Gasteiger partial charge is 0.135 e. The molecular formula is C13H21BrN2O. The van der Waals surface area contributed by atoms with Crippen molar-refractivity contribution in [2.24, 2.45) is 13.0 Å². The molecule has 0 N–H and O–H groups in total. The van der Waals surface area contributed by atoms with Crippen LogP contribution in [0.1, 0.15) is 45.0 Å². The van der Waals surface area contributed by atoms with Gasteiger partial charge in [0.25, 0.3) is 0 Å². The summed E-state index contributed by atoms with van der Waals surface area (Å²) in [5.74, 6) is 0.496. The number of aryl methyl sites for hydroxylation is 2. The molecule has 1 aromatic heterocycles. The lowest BCUT2D eigenvalue weighted by Crippen LogP contribution is -2.07. The molecule has 0 saturated heterocycles. The Kier molecular flexibility index (Phi) is 5.37. The van der Waals surface area contributed by atoms with Crippen molar-refractivity contribution in [2.75, 3.05) is 0 Å². The lowest BCUT2D eigenvalue weighted by Gasteiger charge is -2.05. The molecule has 0 bridgehead atoms. The number of Topliss-reactive ketones (excluding diaryl/α,β-unsaturated/α-hetero) is 1. The summed E-state index contributed by atoms with van der Waals surface area (Å²) >= 11 is 3.59. The average molecular weight is 301 g/mol. The van der Waals surface area contributed by atoms with E-state index in [2.05, 4.69) is 28.0 Å². The third kappa shape index (κ3) is 3.66. The van der Waals surface area contributed by atoms with Gasteiger partial charge < -0.3 is 0 Å². The molecule has 1 heterocycles. The molecule has 4 heteroatoms. The van der Waals surface area contributed by atoms with Gasteiger partial charge in [-0.05, 0) is 35.2 Å². The Morgan fingerprint density at radius 1 is 1.47 bits per heavy atom. The summed E-state index contributed by atoms with van der Waals surface area (Å²) in [7, 11) is 1.96. The highest BCUT2D eigenvalue weighted by atomic mass is 79.9. The van der Waals surface area contributed by atoms with Gasteiger partial charge in [0.2, 0.25) is 0 Å². The number of halogens is 1. The van der Waals surface area contributed by atoms with E-state index in [1.165, 1.54) is 5.69 Å². The number of ketones is 1. The van der Waals surface area contributed by atoms with Gasteiger partial charge in [-0.3, -0.25) is 9.48 Å². The Balaban J connectivity index is 2.58. The monoisotopic (exact) mass is 300 g/mol. The Morgan fingerprint density at radius 3 is 2.59 bits per heavy atom. The molecule has 0 aliphatic heterocycles. The van der Waals surface area contributed by atoms with Crippen molar-refractivity contribution < 1.29 is 4.79 Å². The Morgan fingerprint density at radius 2 is 2.12 bits per heavy atom. The van der Waals surface area contributed by atoms with Crippen LogP contribution in [0.4, 0.5) is 0 Å². The van der Waals surface area contributed by atoms with E-state index in [4.69, 9.17) is 0 Å². The van der Waals surface area contributed by atoms with Crippen LogP contribution in [0.2, 0.25) is 0 Å². The molecule has 0 aliphatic rings. The van der Waals surface area contributed by atoms with Crippen LogP contribution in [0.5, 0.6) is 0 Å². The Labute approximate surface area is 112 Å². The number of carbonyl (C=O) groups is 1.